The van der Waals surface area contributed by atoms with Crippen molar-refractivity contribution in [2.75, 3.05) is 14.2 Å². The molecule has 0 amide bonds. The average molecular weight is 328 g/mol. The summed E-state index contributed by atoms with van der Waals surface area (Å²) in [5, 5.41) is 21.1. The van der Waals surface area contributed by atoms with E-state index >= 15 is 0 Å². The Kier molecular flexibility index (Phi) is 5.07. The second kappa shape index (κ2) is 7.24. The Morgan fingerprint density at radius 3 is 1.21 bits per heavy atom. The molecule has 2 N–H and O–H groups in total. The maximum Gasteiger partial charge on any atom is 0.125 e. The molecule has 1 aliphatic carbocycles. The van der Waals surface area contributed by atoms with Gasteiger partial charge in [0.2, 0.25) is 0 Å². The zero-order valence-corrected chi connectivity index (χ0v) is 14.2. The molecule has 0 saturated carbocycles. The highest BCUT2D eigenvalue weighted by Gasteiger charge is 2.21. The highest BCUT2D eigenvalue weighted by molar-refractivity contribution is 5.45. The lowest BCUT2D eigenvalue weighted by molar-refractivity contribution is 0.168. The third-order valence-electron chi connectivity index (χ3n) is 4.59. The highest BCUT2D eigenvalue weighted by Crippen LogP contribution is 2.31. The Balaban J connectivity index is 2.05. The monoisotopic (exact) mass is 328 g/mol. The lowest BCUT2D eigenvalue weighted by atomic mass is 9.92. The molecule has 3 rings (SSSR count). The van der Waals surface area contributed by atoms with Gasteiger partial charge >= 0.3 is 0 Å². The van der Waals surface area contributed by atoms with Gasteiger partial charge in [0, 0.05) is 25.7 Å². The number of rotatable bonds is 2. The molecule has 0 aliphatic heterocycles. The van der Waals surface area contributed by atoms with Crippen molar-refractivity contribution < 1.29 is 19.7 Å². The Bertz CT molecular complexity index is 601. The molecular formula is C20H24O4. The van der Waals surface area contributed by atoms with Gasteiger partial charge in [-0.3, -0.25) is 0 Å². The molecule has 2 aromatic carbocycles. The Morgan fingerprint density at radius 2 is 0.958 bits per heavy atom. The summed E-state index contributed by atoms with van der Waals surface area (Å²) in [6, 6.07) is 11.8. The summed E-state index contributed by atoms with van der Waals surface area (Å²) in [5.41, 5.74) is 3.85. The fourth-order valence-electron chi connectivity index (χ4n) is 3.60. The molecule has 0 aromatic heterocycles. The van der Waals surface area contributed by atoms with Crippen molar-refractivity contribution in [2.24, 2.45) is 0 Å². The number of para-hydroxylation sites is 2. The quantitative estimate of drug-likeness (QED) is 0.888. The van der Waals surface area contributed by atoms with Gasteiger partial charge in [0.25, 0.3) is 0 Å². The van der Waals surface area contributed by atoms with Gasteiger partial charge in [-0.1, -0.05) is 36.4 Å². The fraction of sp³-hybridized carbons (Fsp3) is 0.400. The van der Waals surface area contributed by atoms with Crippen LogP contribution in [0.4, 0.5) is 0 Å². The molecule has 0 saturated heterocycles. The number of aliphatic hydroxyl groups is 2. The van der Waals surface area contributed by atoms with Crippen molar-refractivity contribution in [1.82, 2.24) is 0 Å². The van der Waals surface area contributed by atoms with Gasteiger partial charge in [-0.25, -0.2) is 0 Å². The van der Waals surface area contributed by atoms with E-state index in [9.17, 15) is 10.2 Å². The number of hydrogen-bond donors (Lipinski definition) is 2. The standard InChI is InChI=1S/C20H24O4/c1-23-19-13-5-3-6-14(19)10-18(22)12-16-8-4-7-15(20(16)24-2)11-17(21)9-13/h3-8,17-18,21-22H,9-12H2,1-2H3. The van der Waals surface area contributed by atoms with Crippen LogP contribution in [0.15, 0.2) is 36.4 Å². The first-order valence-electron chi connectivity index (χ1n) is 8.28. The largest absolute Gasteiger partial charge is 0.496 e. The maximum atomic E-state index is 10.6. The summed E-state index contributed by atoms with van der Waals surface area (Å²) in [6.07, 6.45) is 0.951. The van der Waals surface area contributed by atoms with Crippen LogP contribution in [0.2, 0.25) is 0 Å². The Labute approximate surface area is 142 Å². The lowest BCUT2D eigenvalue weighted by Crippen LogP contribution is -2.20. The van der Waals surface area contributed by atoms with Gasteiger partial charge in [-0.15, -0.1) is 0 Å². The van der Waals surface area contributed by atoms with Gasteiger partial charge in [0.05, 0.1) is 26.4 Å². The minimum atomic E-state index is -0.525. The molecule has 0 spiro atoms. The van der Waals surface area contributed by atoms with Crippen molar-refractivity contribution in [3.05, 3.63) is 58.7 Å². The third kappa shape index (κ3) is 3.40. The topological polar surface area (TPSA) is 58.9 Å². The minimum Gasteiger partial charge on any atom is -0.496 e. The number of methoxy groups -OCH3 is 2. The van der Waals surface area contributed by atoms with Crippen molar-refractivity contribution >= 4 is 0 Å². The Morgan fingerprint density at radius 1 is 0.667 bits per heavy atom. The second-order valence-corrected chi connectivity index (χ2v) is 6.34. The lowest BCUT2D eigenvalue weighted by Gasteiger charge is -2.22. The molecule has 4 nitrogen and oxygen atoms in total. The summed E-state index contributed by atoms with van der Waals surface area (Å²) in [7, 11) is 3.27. The molecule has 4 bridgehead atoms. The van der Waals surface area contributed by atoms with Gasteiger partial charge < -0.3 is 19.7 Å². The second-order valence-electron chi connectivity index (χ2n) is 6.34. The maximum absolute atomic E-state index is 10.6. The van der Waals surface area contributed by atoms with E-state index < -0.39 is 12.2 Å². The molecule has 128 valence electrons. The molecule has 2 aromatic rings. The fourth-order valence-corrected chi connectivity index (χ4v) is 3.60. The SMILES string of the molecule is COc1c2cccc1CC(O)Cc1cccc(c1OC)CC(O)C2. The number of benzene rings is 2. The summed E-state index contributed by atoms with van der Waals surface area (Å²) >= 11 is 0. The van der Waals surface area contributed by atoms with E-state index in [2.05, 4.69) is 0 Å². The number of ether oxygens (including phenoxy) is 2. The number of aliphatic hydroxyl groups excluding tert-OH is 2. The van der Waals surface area contributed by atoms with E-state index in [0.717, 1.165) is 33.8 Å². The molecule has 0 atom stereocenters. The zero-order valence-electron chi connectivity index (χ0n) is 14.2. The zero-order chi connectivity index (χ0) is 17.1. The van der Waals surface area contributed by atoms with Gasteiger partial charge in [0.15, 0.2) is 0 Å². The van der Waals surface area contributed by atoms with Crippen molar-refractivity contribution in [3.63, 3.8) is 0 Å². The van der Waals surface area contributed by atoms with Crippen LogP contribution < -0.4 is 9.47 Å². The summed E-state index contributed by atoms with van der Waals surface area (Å²) in [6.45, 7) is 0. The van der Waals surface area contributed by atoms with Crippen LogP contribution >= 0.6 is 0 Å². The van der Waals surface area contributed by atoms with E-state index in [-0.39, 0.29) is 0 Å². The van der Waals surface area contributed by atoms with Crippen molar-refractivity contribution in [1.29, 1.82) is 0 Å². The molecule has 4 heteroatoms. The van der Waals surface area contributed by atoms with E-state index in [4.69, 9.17) is 9.47 Å². The van der Waals surface area contributed by atoms with Crippen LogP contribution in [0, 0.1) is 0 Å². The van der Waals surface area contributed by atoms with Crippen LogP contribution in [0.5, 0.6) is 11.5 Å². The first kappa shape index (κ1) is 16.8. The van der Waals surface area contributed by atoms with E-state index in [0.29, 0.717) is 25.7 Å². The summed E-state index contributed by atoms with van der Waals surface area (Å²) in [5.74, 6) is 1.54. The molecule has 0 fully saturated rings. The normalized spacial score (nSPS) is 20.7. The average Bonchev–Trinajstić information content (AvgIpc) is 2.54. The van der Waals surface area contributed by atoms with Crippen LogP contribution in [-0.2, 0) is 25.7 Å². The first-order valence-corrected chi connectivity index (χ1v) is 8.28. The number of hydrogen-bond acceptors (Lipinski definition) is 4. The van der Waals surface area contributed by atoms with Crippen LogP contribution in [0.25, 0.3) is 0 Å². The molecular weight excluding hydrogens is 304 g/mol. The summed E-state index contributed by atoms with van der Waals surface area (Å²) in [4.78, 5) is 0. The van der Waals surface area contributed by atoms with E-state index in [1.165, 1.54) is 0 Å². The minimum absolute atomic E-state index is 0.500. The molecule has 0 radical (unpaired) electrons. The van der Waals surface area contributed by atoms with Gasteiger partial charge in [-0.2, -0.15) is 0 Å². The number of fused-ring (bicyclic) bond motifs is 4. The van der Waals surface area contributed by atoms with Crippen LogP contribution in [0.1, 0.15) is 22.3 Å². The third-order valence-corrected chi connectivity index (χ3v) is 4.59. The van der Waals surface area contributed by atoms with Crippen molar-refractivity contribution in [2.45, 2.75) is 37.9 Å². The van der Waals surface area contributed by atoms with Crippen molar-refractivity contribution in [3.8, 4) is 11.5 Å². The highest BCUT2D eigenvalue weighted by atomic mass is 16.5. The Hall–Kier alpha value is -2.04. The predicted molar refractivity (Wildman–Crippen MR) is 92.8 cm³/mol. The van der Waals surface area contributed by atoms with Crippen LogP contribution in [0.3, 0.4) is 0 Å². The summed E-state index contributed by atoms with van der Waals surface area (Å²) < 4.78 is 11.1. The van der Waals surface area contributed by atoms with Crippen LogP contribution in [-0.4, -0.2) is 36.6 Å². The smallest absolute Gasteiger partial charge is 0.125 e. The van der Waals surface area contributed by atoms with Gasteiger partial charge in [-0.05, 0) is 22.3 Å². The molecule has 24 heavy (non-hydrogen) atoms. The van der Waals surface area contributed by atoms with Gasteiger partial charge in [0.1, 0.15) is 11.5 Å². The van der Waals surface area contributed by atoms with E-state index in [1.807, 2.05) is 36.4 Å². The molecule has 0 unspecified atom stereocenters. The molecule has 1 aliphatic rings. The first-order chi connectivity index (χ1) is 11.6. The van der Waals surface area contributed by atoms with E-state index in [1.54, 1.807) is 14.2 Å². The predicted octanol–water partition coefficient (Wildman–Crippen LogP) is 2.31. The molecule has 0 heterocycles.